The molecule has 0 radical (unpaired) electrons. The summed E-state index contributed by atoms with van der Waals surface area (Å²) in [6.45, 7) is 8.38. The normalized spacial score (nSPS) is 14.5. The zero-order valence-electron chi connectivity index (χ0n) is 13.4. The van der Waals surface area contributed by atoms with Gasteiger partial charge >= 0.3 is 5.97 Å². The van der Waals surface area contributed by atoms with Crippen molar-refractivity contribution >= 4 is 39.7 Å². The third kappa shape index (κ3) is 3.09. The van der Waals surface area contributed by atoms with E-state index in [2.05, 4.69) is 0 Å². The van der Waals surface area contributed by atoms with Gasteiger partial charge in [-0.1, -0.05) is 29.5 Å². The molecule has 0 aliphatic carbocycles. The third-order valence-electron chi connectivity index (χ3n) is 3.47. The number of alkyl halides is 1. The zero-order valence-corrected chi connectivity index (χ0v) is 15.5. The van der Waals surface area contributed by atoms with E-state index < -0.39 is 11.2 Å². The van der Waals surface area contributed by atoms with E-state index in [1.165, 1.54) is 0 Å². The third-order valence-corrected chi connectivity index (χ3v) is 4.86. The van der Waals surface area contributed by atoms with Crippen molar-refractivity contribution in [2.75, 3.05) is 0 Å². The van der Waals surface area contributed by atoms with Gasteiger partial charge in [0.15, 0.2) is 11.3 Å². The van der Waals surface area contributed by atoms with Gasteiger partial charge in [0, 0.05) is 17.2 Å². The van der Waals surface area contributed by atoms with E-state index >= 15 is 0 Å². The molecule has 0 fully saturated rings. The maximum atomic E-state index is 12.0. The number of carbonyl (C=O) groups excluding carboxylic acids is 1. The number of hydrogen-bond donors (Lipinski definition) is 2. The first-order valence-corrected chi connectivity index (χ1v) is 8.41. The van der Waals surface area contributed by atoms with Gasteiger partial charge in [0.25, 0.3) is 0 Å². The highest BCUT2D eigenvalue weighted by Crippen LogP contribution is 2.46. The molecule has 2 rings (SSSR count). The lowest BCUT2D eigenvalue weighted by atomic mass is 9.85. The van der Waals surface area contributed by atoms with Crippen LogP contribution in [0.3, 0.4) is 0 Å². The first kappa shape index (κ1) is 17.5. The van der Waals surface area contributed by atoms with E-state index in [0.29, 0.717) is 34.5 Å². The summed E-state index contributed by atoms with van der Waals surface area (Å²) in [6.07, 6.45) is 0.669. The minimum Gasteiger partial charge on any atom is -0.452 e. The first-order chi connectivity index (χ1) is 9.96. The number of hydrogen-bond acceptors (Lipinski definition) is 5. The summed E-state index contributed by atoms with van der Waals surface area (Å²) in [7, 11) is 0. The molecule has 6 heteroatoms. The second-order valence-electron chi connectivity index (χ2n) is 6.47. The molecule has 0 amide bonds. The summed E-state index contributed by atoms with van der Waals surface area (Å²) in [5.41, 5.74) is -0.685. The van der Waals surface area contributed by atoms with Crippen molar-refractivity contribution in [2.45, 2.75) is 56.2 Å². The Balaban J connectivity index is 2.53. The lowest BCUT2D eigenvalue weighted by molar-refractivity contribution is -0.133. The molecule has 0 saturated carbocycles. The number of esters is 1. The molecule has 0 aliphatic heterocycles. The van der Waals surface area contributed by atoms with E-state index in [1.54, 1.807) is 33.8 Å². The van der Waals surface area contributed by atoms with Crippen LogP contribution in [0, 0.1) is 0 Å². The van der Waals surface area contributed by atoms with Crippen molar-refractivity contribution in [3.05, 3.63) is 17.2 Å². The molecule has 1 atom stereocenters. The molecule has 122 valence electrons. The Morgan fingerprint density at radius 2 is 1.82 bits per heavy atom. The van der Waals surface area contributed by atoms with Crippen LogP contribution >= 0.6 is 22.6 Å². The fraction of sp³-hybridized carbons (Fsp3) is 0.562. The largest absolute Gasteiger partial charge is 0.452 e. The van der Waals surface area contributed by atoms with E-state index in [1.807, 2.05) is 29.5 Å². The lowest BCUT2D eigenvalue weighted by Crippen LogP contribution is -2.25. The van der Waals surface area contributed by atoms with Gasteiger partial charge in [0.1, 0.15) is 9.51 Å². The van der Waals surface area contributed by atoms with Gasteiger partial charge in [-0.05, 0) is 34.1 Å². The number of furan rings is 2. The van der Waals surface area contributed by atoms with Crippen LogP contribution in [0.4, 0.5) is 0 Å². The molecular weight excluding hydrogens is 399 g/mol. The van der Waals surface area contributed by atoms with E-state index in [4.69, 9.17) is 9.15 Å². The molecule has 2 aromatic rings. The molecule has 1 unspecified atom stereocenters. The highest BCUT2D eigenvalue weighted by molar-refractivity contribution is 14.1. The monoisotopic (exact) mass is 420 g/mol. The average molecular weight is 420 g/mol. The number of carbonyl (C=O) groups is 1. The minimum absolute atomic E-state index is 0.244. The standard InChI is InChI=1S/C16H21IO5/c1-6-8(17)14(18)22-10-7-9-11(15(2,3)19)12(13(10)21-9)16(4,5)20/h7-8,19-20H,6H2,1-5H3. The fourth-order valence-electron chi connectivity index (χ4n) is 2.51. The van der Waals surface area contributed by atoms with Gasteiger partial charge in [-0.3, -0.25) is 4.79 Å². The van der Waals surface area contributed by atoms with Gasteiger partial charge in [-0.2, -0.15) is 0 Å². The summed E-state index contributed by atoms with van der Waals surface area (Å²) >= 11 is 2.03. The smallest absolute Gasteiger partial charge is 0.324 e. The van der Waals surface area contributed by atoms with Gasteiger partial charge in [0.2, 0.25) is 0 Å². The van der Waals surface area contributed by atoms with Crippen LogP contribution in [0.5, 0.6) is 5.75 Å². The van der Waals surface area contributed by atoms with Crippen molar-refractivity contribution < 1.29 is 24.2 Å². The van der Waals surface area contributed by atoms with Crippen molar-refractivity contribution in [1.82, 2.24) is 0 Å². The Kier molecular flexibility index (Phi) is 4.49. The summed E-state index contributed by atoms with van der Waals surface area (Å²) in [5.74, 6) is -0.0567. The van der Waals surface area contributed by atoms with Crippen molar-refractivity contribution in [1.29, 1.82) is 0 Å². The van der Waals surface area contributed by atoms with Gasteiger partial charge < -0.3 is 19.4 Å². The molecule has 22 heavy (non-hydrogen) atoms. The Labute approximate surface area is 143 Å². The zero-order chi connectivity index (χ0) is 16.9. The Bertz CT molecular complexity index is 675. The molecule has 0 spiro atoms. The van der Waals surface area contributed by atoms with Crippen LogP contribution in [-0.2, 0) is 16.0 Å². The number of rotatable bonds is 5. The maximum absolute atomic E-state index is 12.0. The predicted octanol–water partition coefficient (Wildman–Crippen LogP) is 3.44. The summed E-state index contributed by atoms with van der Waals surface area (Å²) in [6, 6.07) is 1.59. The molecule has 0 saturated heterocycles. The van der Waals surface area contributed by atoms with E-state index in [9.17, 15) is 15.0 Å². The second kappa shape index (κ2) is 5.65. The maximum Gasteiger partial charge on any atom is 0.324 e. The van der Waals surface area contributed by atoms with E-state index in [0.717, 1.165) is 0 Å². The SMILES string of the molecule is CCC(I)C(=O)Oc1cc2oc1c(C(C)(C)O)c2C(C)(C)O. The van der Waals surface area contributed by atoms with Crippen LogP contribution in [0.1, 0.15) is 52.2 Å². The number of ether oxygens (including phenoxy) is 1. The molecule has 2 N–H and O–H groups in total. The van der Waals surface area contributed by atoms with Gasteiger partial charge in [0.05, 0.1) is 11.2 Å². The molecule has 2 heterocycles. The Morgan fingerprint density at radius 3 is 2.27 bits per heavy atom. The average Bonchev–Trinajstić information content (AvgIpc) is 2.93. The first-order valence-electron chi connectivity index (χ1n) is 7.17. The van der Waals surface area contributed by atoms with Gasteiger partial charge in [-0.15, -0.1) is 0 Å². The Hall–Kier alpha value is -0.860. The van der Waals surface area contributed by atoms with Crippen molar-refractivity contribution in [2.24, 2.45) is 0 Å². The quantitative estimate of drug-likeness (QED) is 0.335. The van der Waals surface area contributed by atoms with Crippen LogP contribution < -0.4 is 4.74 Å². The number of fused-ring (bicyclic) bond motifs is 2. The molecule has 0 aliphatic rings. The molecular formula is C16H21IO5. The summed E-state index contributed by atoms with van der Waals surface area (Å²) in [4.78, 5) is 12.0. The number of aliphatic hydroxyl groups is 2. The fourth-order valence-corrected chi connectivity index (χ4v) is 2.64. The lowest BCUT2D eigenvalue weighted by Gasteiger charge is -2.25. The van der Waals surface area contributed by atoms with Crippen molar-refractivity contribution in [3.8, 4) is 5.75 Å². The minimum atomic E-state index is -1.23. The van der Waals surface area contributed by atoms with Gasteiger partial charge in [-0.25, -0.2) is 0 Å². The van der Waals surface area contributed by atoms with Crippen molar-refractivity contribution in [3.63, 3.8) is 0 Å². The molecule has 0 aromatic carbocycles. The van der Waals surface area contributed by atoms with Crippen LogP contribution in [0.15, 0.2) is 10.5 Å². The number of halogens is 1. The summed E-state index contributed by atoms with van der Waals surface area (Å²) < 4.78 is 10.8. The summed E-state index contributed by atoms with van der Waals surface area (Å²) in [5, 5.41) is 20.8. The molecule has 2 aromatic heterocycles. The number of benzene rings is 1. The van der Waals surface area contributed by atoms with Crippen LogP contribution in [-0.4, -0.2) is 20.1 Å². The molecule has 5 nitrogen and oxygen atoms in total. The topological polar surface area (TPSA) is 79.9 Å². The molecule has 2 bridgehead atoms. The van der Waals surface area contributed by atoms with E-state index in [-0.39, 0.29) is 9.89 Å². The highest BCUT2D eigenvalue weighted by Gasteiger charge is 2.38. The second-order valence-corrected chi connectivity index (χ2v) is 7.97. The predicted molar refractivity (Wildman–Crippen MR) is 91.6 cm³/mol. The van der Waals surface area contributed by atoms with Crippen LogP contribution in [0.2, 0.25) is 0 Å². The Morgan fingerprint density at radius 1 is 1.27 bits per heavy atom. The van der Waals surface area contributed by atoms with Crippen LogP contribution in [0.25, 0.3) is 11.2 Å². The highest BCUT2D eigenvalue weighted by atomic mass is 127.